The van der Waals surface area contributed by atoms with E-state index in [4.69, 9.17) is 5.11 Å². The molecule has 0 aliphatic carbocycles. The third-order valence-corrected chi connectivity index (χ3v) is 4.80. The second-order valence-electron chi connectivity index (χ2n) is 5.09. The van der Waals surface area contributed by atoms with Crippen molar-refractivity contribution in [3.8, 4) is 0 Å². The van der Waals surface area contributed by atoms with Crippen molar-refractivity contribution in [1.82, 2.24) is 9.21 Å². The molecular formula is C17H24N2O4S. The van der Waals surface area contributed by atoms with Gasteiger partial charge in [0.2, 0.25) is 11.8 Å². The molecule has 1 aromatic rings. The van der Waals surface area contributed by atoms with Gasteiger partial charge in [-0.05, 0) is 43.7 Å². The summed E-state index contributed by atoms with van der Waals surface area (Å²) in [6.45, 7) is 10.1. The number of nitrogens with zero attached hydrogens (tertiary/aromatic N) is 2. The minimum Gasteiger partial charge on any atom is -0.478 e. The lowest BCUT2D eigenvalue weighted by atomic mass is 10.2. The first-order chi connectivity index (χ1) is 11.4. The van der Waals surface area contributed by atoms with Crippen LogP contribution in [0.3, 0.4) is 0 Å². The Bertz CT molecular complexity index is 566. The van der Waals surface area contributed by atoms with Crippen molar-refractivity contribution in [3.05, 3.63) is 29.8 Å². The van der Waals surface area contributed by atoms with Crippen LogP contribution in [0.25, 0.3) is 0 Å². The van der Waals surface area contributed by atoms with Gasteiger partial charge in [0.25, 0.3) is 0 Å². The Hall–Kier alpha value is -1.86. The highest BCUT2D eigenvalue weighted by Crippen LogP contribution is 2.30. The predicted octanol–water partition coefficient (Wildman–Crippen LogP) is 2.89. The predicted molar refractivity (Wildman–Crippen MR) is 93.8 cm³/mol. The number of hydrogen-bond donors (Lipinski definition) is 1. The minimum atomic E-state index is -1.08. The molecular weight excluding hydrogens is 328 g/mol. The van der Waals surface area contributed by atoms with Crippen LogP contribution in [0.1, 0.15) is 44.0 Å². The molecule has 0 radical (unpaired) electrons. The summed E-state index contributed by atoms with van der Waals surface area (Å²) in [6, 6.07) is 6.28. The van der Waals surface area contributed by atoms with E-state index >= 15 is 0 Å². The van der Waals surface area contributed by atoms with E-state index < -0.39 is 5.97 Å². The van der Waals surface area contributed by atoms with Crippen LogP contribution in [0.5, 0.6) is 0 Å². The fourth-order valence-corrected chi connectivity index (χ4v) is 3.13. The number of carbonyl (C=O) groups excluding carboxylic acids is 2. The number of imide groups is 1. The maximum Gasteiger partial charge on any atom is 0.336 e. The van der Waals surface area contributed by atoms with Gasteiger partial charge >= 0.3 is 5.97 Å². The number of carboxylic acids is 1. The first kappa shape index (κ1) is 20.2. The number of carbonyl (C=O) groups is 3. The van der Waals surface area contributed by atoms with Crippen LogP contribution in [0.2, 0.25) is 0 Å². The third-order valence-electron chi connectivity index (χ3n) is 3.65. The number of hydrogen-bond acceptors (Lipinski definition) is 5. The van der Waals surface area contributed by atoms with E-state index in [0.717, 1.165) is 16.3 Å². The standard InChI is InChI=1S/C11H9NO4S.C6H15N/c13-9-5-6-10(14)12(9)17-8-4-2-1-3-7(8)11(15)16;1-4-7(5-2)6-3/h1-4H,5-6H2,(H,15,16);4-6H2,1-3H3. The molecule has 7 heteroatoms. The van der Waals surface area contributed by atoms with Crippen molar-refractivity contribution >= 4 is 29.7 Å². The highest BCUT2D eigenvalue weighted by atomic mass is 32.2. The fraction of sp³-hybridized carbons (Fsp3) is 0.471. The zero-order valence-electron chi connectivity index (χ0n) is 14.3. The Morgan fingerprint density at radius 3 is 2.00 bits per heavy atom. The second kappa shape index (κ2) is 10.1. The average molecular weight is 352 g/mol. The first-order valence-corrected chi connectivity index (χ1v) is 8.80. The molecule has 1 heterocycles. The molecule has 1 aromatic carbocycles. The number of aromatic carboxylic acids is 1. The molecule has 1 aliphatic rings. The van der Waals surface area contributed by atoms with Crippen molar-refractivity contribution in [2.45, 2.75) is 38.5 Å². The molecule has 1 N–H and O–H groups in total. The number of benzene rings is 1. The highest BCUT2D eigenvalue weighted by Gasteiger charge is 2.31. The van der Waals surface area contributed by atoms with E-state index in [1.54, 1.807) is 18.2 Å². The first-order valence-electron chi connectivity index (χ1n) is 8.02. The smallest absolute Gasteiger partial charge is 0.336 e. The molecule has 1 saturated heterocycles. The quantitative estimate of drug-likeness (QED) is 0.626. The highest BCUT2D eigenvalue weighted by molar-refractivity contribution is 7.98. The Morgan fingerprint density at radius 2 is 1.58 bits per heavy atom. The van der Waals surface area contributed by atoms with Gasteiger partial charge in [-0.25, -0.2) is 9.10 Å². The molecule has 0 spiro atoms. The fourth-order valence-electron chi connectivity index (χ4n) is 2.15. The zero-order valence-corrected chi connectivity index (χ0v) is 15.1. The van der Waals surface area contributed by atoms with Crippen LogP contribution >= 0.6 is 11.9 Å². The van der Waals surface area contributed by atoms with E-state index in [1.807, 2.05) is 0 Å². The summed E-state index contributed by atoms with van der Waals surface area (Å²) < 4.78 is 1.03. The second-order valence-corrected chi connectivity index (χ2v) is 6.08. The van der Waals surface area contributed by atoms with E-state index in [2.05, 4.69) is 25.7 Å². The van der Waals surface area contributed by atoms with Crippen LogP contribution in [0, 0.1) is 0 Å². The Morgan fingerprint density at radius 1 is 1.08 bits per heavy atom. The molecule has 1 aliphatic heterocycles. The molecule has 6 nitrogen and oxygen atoms in total. The summed E-state index contributed by atoms with van der Waals surface area (Å²) in [5.74, 6) is -1.63. The van der Waals surface area contributed by atoms with Gasteiger partial charge in [0.05, 0.1) is 5.56 Å². The van der Waals surface area contributed by atoms with Gasteiger partial charge in [0.15, 0.2) is 0 Å². The van der Waals surface area contributed by atoms with Crippen LogP contribution in [-0.2, 0) is 9.59 Å². The summed E-state index contributed by atoms with van der Waals surface area (Å²) in [5.41, 5.74) is 0.0880. The van der Waals surface area contributed by atoms with Crippen LogP contribution in [0.15, 0.2) is 29.2 Å². The lowest BCUT2D eigenvalue weighted by molar-refractivity contribution is -0.131. The summed E-state index contributed by atoms with van der Waals surface area (Å²) in [5, 5.41) is 8.97. The molecule has 0 aromatic heterocycles. The van der Waals surface area contributed by atoms with E-state index in [1.165, 1.54) is 25.7 Å². The SMILES string of the molecule is CCN(CC)CC.O=C(O)c1ccccc1SN1C(=O)CCC1=O. The molecule has 0 bridgehead atoms. The van der Waals surface area contributed by atoms with Crippen molar-refractivity contribution in [1.29, 1.82) is 0 Å². The third kappa shape index (κ3) is 5.65. The Kier molecular flexibility index (Phi) is 8.49. The van der Waals surface area contributed by atoms with Gasteiger partial charge < -0.3 is 10.0 Å². The van der Waals surface area contributed by atoms with Crippen molar-refractivity contribution < 1.29 is 19.5 Å². The van der Waals surface area contributed by atoms with Crippen LogP contribution < -0.4 is 0 Å². The molecule has 24 heavy (non-hydrogen) atoms. The lowest BCUT2D eigenvalue weighted by Gasteiger charge is -2.13. The summed E-state index contributed by atoms with van der Waals surface area (Å²) in [7, 11) is 0. The summed E-state index contributed by atoms with van der Waals surface area (Å²) in [4.78, 5) is 36.5. The number of carboxylic acid groups (broad SMARTS) is 1. The van der Waals surface area contributed by atoms with E-state index in [9.17, 15) is 14.4 Å². The monoisotopic (exact) mass is 352 g/mol. The molecule has 0 atom stereocenters. The molecule has 0 saturated carbocycles. The van der Waals surface area contributed by atoms with Gasteiger partial charge in [0, 0.05) is 17.7 Å². The van der Waals surface area contributed by atoms with Crippen LogP contribution in [0.4, 0.5) is 0 Å². The Balaban J connectivity index is 0.000000351. The minimum absolute atomic E-state index is 0.0880. The maximum absolute atomic E-state index is 11.4. The molecule has 0 unspecified atom stereocenters. The van der Waals surface area contributed by atoms with Crippen molar-refractivity contribution in [3.63, 3.8) is 0 Å². The zero-order chi connectivity index (χ0) is 18.1. The molecule has 1 fully saturated rings. The lowest BCUT2D eigenvalue weighted by Crippen LogP contribution is -2.21. The van der Waals surface area contributed by atoms with Gasteiger partial charge in [0.1, 0.15) is 0 Å². The average Bonchev–Trinajstić information content (AvgIpc) is 2.89. The van der Waals surface area contributed by atoms with Crippen molar-refractivity contribution in [2.75, 3.05) is 19.6 Å². The molecule has 2 amide bonds. The van der Waals surface area contributed by atoms with Crippen LogP contribution in [-0.4, -0.2) is 51.7 Å². The van der Waals surface area contributed by atoms with Gasteiger partial charge in [-0.15, -0.1) is 0 Å². The van der Waals surface area contributed by atoms with Gasteiger partial charge in [-0.3, -0.25) is 9.59 Å². The van der Waals surface area contributed by atoms with Gasteiger partial charge in [-0.2, -0.15) is 0 Å². The molecule has 132 valence electrons. The number of amides is 2. The largest absolute Gasteiger partial charge is 0.478 e. The van der Waals surface area contributed by atoms with Gasteiger partial charge in [-0.1, -0.05) is 32.9 Å². The Labute approximate surface area is 147 Å². The molecule has 2 rings (SSSR count). The maximum atomic E-state index is 11.4. The van der Waals surface area contributed by atoms with E-state index in [-0.39, 0.29) is 30.2 Å². The number of rotatable bonds is 6. The summed E-state index contributed by atoms with van der Waals surface area (Å²) >= 11 is 0.876. The summed E-state index contributed by atoms with van der Waals surface area (Å²) in [6.07, 6.45) is 0.391. The normalized spacial score (nSPS) is 13.9. The topological polar surface area (TPSA) is 77.9 Å². The van der Waals surface area contributed by atoms with Crippen molar-refractivity contribution in [2.24, 2.45) is 0 Å². The van der Waals surface area contributed by atoms with E-state index in [0.29, 0.717) is 4.90 Å².